The van der Waals surface area contributed by atoms with Crippen molar-refractivity contribution in [3.05, 3.63) is 27.7 Å². The number of hydrogen-bond acceptors (Lipinski definition) is 4. The van der Waals surface area contributed by atoms with E-state index in [2.05, 4.69) is 4.72 Å². The first-order chi connectivity index (χ1) is 9.19. The summed E-state index contributed by atoms with van der Waals surface area (Å²) >= 11 is 11.9. The van der Waals surface area contributed by atoms with Gasteiger partial charge in [0.25, 0.3) is 0 Å². The third-order valence-electron chi connectivity index (χ3n) is 2.59. The minimum absolute atomic E-state index is 0.0513. The molecule has 20 heavy (non-hydrogen) atoms. The van der Waals surface area contributed by atoms with Crippen LogP contribution in [0.2, 0.25) is 10.0 Å². The standard InChI is InChI=1S/C12H18Cl2N2O3S/c1-8(6-16(2)3)15-20(18,19)11-5-4-10(13)9(7-17)12(11)14/h4-5,8,15,17H,6-7H2,1-3H3. The number of likely N-dealkylation sites (N-methyl/N-ethyl adjacent to an activating group) is 1. The molecule has 0 aliphatic heterocycles. The first kappa shape index (κ1) is 17.7. The lowest BCUT2D eigenvalue weighted by Gasteiger charge is -2.19. The average molecular weight is 341 g/mol. The fourth-order valence-corrected chi connectivity index (χ4v) is 3.97. The molecule has 0 saturated heterocycles. The Balaban J connectivity index is 3.10. The van der Waals surface area contributed by atoms with Crippen LogP contribution in [0.15, 0.2) is 17.0 Å². The van der Waals surface area contributed by atoms with Crippen molar-refractivity contribution in [1.82, 2.24) is 9.62 Å². The Hall–Kier alpha value is -0.370. The van der Waals surface area contributed by atoms with E-state index >= 15 is 0 Å². The fourth-order valence-electron chi connectivity index (χ4n) is 1.84. The van der Waals surface area contributed by atoms with Gasteiger partial charge in [0.15, 0.2) is 0 Å². The quantitative estimate of drug-likeness (QED) is 0.827. The second-order valence-electron chi connectivity index (χ2n) is 4.78. The maximum absolute atomic E-state index is 12.3. The van der Waals surface area contributed by atoms with Crippen LogP contribution in [-0.4, -0.2) is 45.1 Å². The Kier molecular flexibility index (Phi) is 6.25. The summed E-state index contributed by atoms with van der Waals surface area (Å²) < 4.78 is 27.1. The molecule has 0 aliphatic carbocycles. The van der Waals surface area contributed by atoms with Gasteiger partial charge in [0.1, 0.15) is 4.90 Å². The zero-order valence-corrected chi connectivity index (χ0v) is 13.8. The van der Waals surface area contributed by atoms with Gasteiger partial charge in [-0.1, -0.05) is 23.2 Å². The molecule has 1 rings (SSSR count). The Labute approximate surface area is 129 Å². The molecular formula is C12H18Cl2N2O3S. The highest BCUT2D eigenvalue weighted by Crippen LogP contribution is 2.31. The summed E-state index contributed by atoms with van der Waals surface area (Å²) in [6.45, 7) is 1.89. The van der Waals surface area contributed by atoms with E-state index < -0.39 is 16.6 Å². The number of aliphatic hydroxyl groups is 1. The van der Waals surface area contributed by atoms with E-state index in [0.717, 1.165) is 0 Å². The Bertz CT molecular complexity index is 576. The first-order valence-corrected chi connectivity index (χ1v) is 8.17. The summed E-state index contributed by atoms with van der Waals surface area (Å²) in [6.07, 6.45) is 0. The number of aliphatic hydroxyl groups excluding tert-OH is 1. The van der Waals surface area contributed by atoms with Gasteiger partial charge in [-0.3, -0.25) is 0 Å². The lowest BCUT2D eigenvalue weighted by molar-refractivity contribution is 0.281. The molecule has 0 heterocycles. The maximum atomic E-state index is 12.3. The monoisotopic (exact) mass is 340 g/mol. The van der Waals surface area contributed by atoms with Crippen LogP contribution in [0.25, 0.3) is 0 Å². The zero-order valence-electron chi connectivity index (χ0n) is 11.5. The first-order valence-electron chi connectivity index (χ1n) is 5.93. The van der Waals surface area contributed by atoms with E-state index in [1.54, 1.807) is 6.92 Å². The molecule has 0 fully saturated rings. The van der Waals surface area contributed by atoms with Crippen LogP contribution in [-0.2, 0) is 16.6 Å². The van der Waals surface area contributed by atoms with E-state index in [1.807, 2.05) is 19.0 Å². The van der Waals surface area contributed by atoms with Gasteiger partial charge in [0.2, 0.25) is 10.0 Å². The van der Waals surface area contributed by atoms with Crippen molar-refractivity contribution in [3.8, 4) is 0 Å². The Morgan fingerprint density at radius 1 is 1.35 bits per heavy atom. The third kappa shape index (κ3) is 4.31. The van der Waals surface area contributed by atoms with E-state index in [4.69, 9.17) is 23.2 Å². The highest BCUT2D eigenvalue weighted by molar-refractivity contribution is 7.89. The summed E-state index contributed by atoms with van der Waals surface area (Å²) in [4.78, 5) is 1.79. The summed E-state index contributed by atoms with van der Waals surface area (Å²) in [7, 11) is -0.0613. The van der Waals surface area contributed by atoms with Gasteiger partial charge in [-0.05, 0) is 33.2 Å². The minimum Gasteiger partial charge on any atom is -0.392 e. The molecular weight excluding hydrogens is 323 g/mol. The predicted molar refractivity (Wildman–Crippen MR) is 80.7 cm³/mol. The molecule has 1 aromatic rings. The molecule has 0 saturated carbocycles. The van der Waals surface area contributed by atoms with Crippen LogP contribution in [0.1, 0.15) is 12.5 Å². The van der Waals surface area contributed by atoms with Crippen molar-refractivity contribution in [3.63, 3.8) is 0 Å². The van der Waals surface area contributed by atoms with Crippen molar-refractivity contribution in [1.29, 1.82) is 0 Å². The maximum Gasteiger partial charge on any atom is 0.242 e. The van der Waals surface area contributed by atoms with Crippen LogP contribution in [0.3, 0.4) is 0 Å². The molecule has 0 aromatic heterocycles. The largest absolute Gasteiger partial charge is 0.392 e. The second-order valence-corrected chi connectivity index (χ2v) is 7.25. The SMILES string of the molecule is CC(CN(C)C)NS(=O)(=O)c1ccc(Cl)c(CO)c1Cl. The Morgan fingerprint density at radius 3 is 2.45 bits per heavy atom. The zero-order chi connectivity index (χ0) is 15.5. The van der Waals surface area contributed by atoms with E-state index in [-0.39, 0.29) is 26.5 Å². The van der Waals surface area contributed by atoms with Gasteiger partial charge in [-0.15, -0.1) is 0 Å². The average Bonchev–Trinajstić information content (AvgIpc) is 2.26. The van der Waals surface area contributed by atoms with Crippen molar-refractivity contribution in [2.45, 2.75) is 24.5 Å². The Morgan fingerprint density at radius 2 is 1.95 bits per heavy atom. The number of benzene rings is 1. The highest BCUT2D eigenvalue weighted by Gasteiger charge is 2.23. The lowest BCUT2D eigenvalue weighted by atomic mass is 10.2. The molecule has 1 unspecified atom stereocenters. The van der Waals surface area contributed by atoms with Gasteiger partial charge in [-0.25, -0.2) is 13.1 Å². The lowest BCUT2D eigenvalue weighted by Crippen LogP contribution is -2.39. The molecule has 5 nitrogen and oxygen atoms in total. The second kappa shape index (κ2) is 7.06. The fraction of sp³-hybridized carbons (Fsp3) is 0.500. The van der Waals surface area contributed by atoms with Crippen molar-refractivity contribution in [2.24, 2.45) is 0 Å². The third-order valence-corrected chi connectivity index (χ3v) is 5.12. The van der Waals surface area contributed by atoms with Crippen LogP contribution in [0, 0.1) is 0 Å². The van der Waals surface area contributed by atoms with Gasteiger partial charge >= 0.3 is 0 Å². The smallest absolute Gasteiger partial charge is 0.242 e. The van der Waals surface area contributed by atoms with Crippen LogP contribution in [0.5, 0.6) is 0 Å². The van der Waals surface area contributed by atoms with Crippen LogP contribution in [0.4, 0.5) is 0 Å². The topological polar surface area (TPSA) is 69.6 Å². The molecule has 0 aliphatic rings. The molecule has 0 amide bonds. The number of sulfonamides is 1. The predicted octanol–water partition coefficient (Wildman–Crippen LogP) is 1.71. The number of nitrogens with zero attached hydrogens (tertiary/aromatic N) is 1. The highest BCUT2D eigenvalue weighted by atomic mass is 35.5. The van der Waals surface area contributed by atoms with Gasteiger partial charge < -0.3 is 10.0 Å². The summed E-state index contributed by atoms with van der Waals surface area (Å²) in [5, 5.41) is 9.38. The summed E-state index contributed by atoms with van der Waals surface area (Å²) in [6, 6.07) is 2.46. The molecule has 0 radical (unpaired) electrons. The number of rotatable bonds is 6. The van der Waals surface area contributed by atoms with Gasteiger partial charge in [-0.2, -0.15) is 0 Å². The molecule has 1 atom stereocenters. The number of halogens is 2. The molecule has 114 valence electrons. The van der Waals surface area contributed by atoms with E-state index in [9.17, 15) is 13.5 Å². The minimum atomic E-state index is -3.76. The normalized spacial score (nSPS) is 13.8. The summed E-state index contributed by atoms with van der Waals surface area (Å²) in [5.74, 6) is 0. The molecule has 0 bridgehead atoms. The van der Waals surface area contributed by atoms with Gasteiger partial charge in [0.05, 0.1) is 11.6 Å². The molecule has 1 aromatic carbocycles. The summed E-state index contributed by atoms with van der Waals surface area (Å²) in [5.41, 5.74) is 0.205. The molecule has 2 N–H and O–H groups in total. The van der Waals surface area contributed by atoms with Gasteiger partial charge in [0, 0.05) is 23.2 Å². The van der Waals surface area contributed by atoms with Crippen molar-refractivity contribution < 1.29 is 13.5 Å². The van der Waals surface area contributed by atoms with Crippen molar-refractivity contribution in [2.75, 3.05) is 20.6 Å². The van der Waals surface area contributed by atoms with E-state index in [0.29, 0.717) is 6.54 Å². The molecule has 0 spiro atoms. The number of nitrogens with one attached hydrogen (secondary N) is 1. The van der Waals surface area contributed by atoms with Crippen molar-refractivity contribution >= 4 is 33.2 Å². The number of hydrogen-bond donors (Lipinski definition) is 2. The van der Waals surface area contributed by atoms with E-state index in [1.165, 1.54) is 12.1 Å². The van der Waals surface area contributed by atoms with Crippen LogP contribution < -0.4 is 4.72 Å². The van der Waals surface area contributed by atoms with Crippen LogP contribution >= 0.6 is 23.2 Å². The molecule has 8 heteroatoms.